The van der Waals surface area contributed by atoms with Crippen molar-refractivity contribution in [3.05, 3.63) is 6.33 Å². The van der Waals surface area contributed by atoms with E-state index < -0.39 is 0 Å². The summed E-state index contributed by atoms with van der Waals surface area (Å²) in [6, 6.07) is 0.101. The molecule has 0 atom stereocenters. The lowest BCUT2D eigenvalue weighted by Gasteiger charge is -2.19. The number of H-pyrrole nitrogens is 1. The van der Waals surface area contributed by atoms with Gasteiger partial charge in [0.1, 0.15) is 5.52 Å². The smallest absolute Gasteiger partial charge is 0.239 e. The summed E-state index contributed by atoms with van der Waals surface area (Å²) in [6.07, 6.45) is 1.52. The SMILES string of the molecule is CC(C)NC(=O)CN(C)c1nc(N)nc2nc[nH]c12. The van der Waals surface area contributed by atoms with Crippen LogP contribution in [0.5, 0.6) is 0 Å². The zero-order chi connectivity index (χ0) is 14.0. The summed E-state index contributed by atoms with van der Waals surface area (Å²) in [7, 11) is 1.77. The molecule has 2 heterocycles. The minimum atomic E-state index is -0.0812. The molecular formula is C11H17N7O. The van der Waals surface area contributed by atoms with Gasteiger partial charge in [0.25, 0.3) is 0 Å². The zero-order valence-corrected chi connectivity index (χ0v) is 11.1. The Balaban J connectivity index is 2.23. The first kappa shape index (κ1) is 13.1. The average Bonchev–Trinajstić information content (AvgIpc) is 2.73. The summed E-state index contributed by atoms with van der Waals surface area (Å²) in [5.74, 6) is 0.604. The van der Waals surface area contributed by atoms with Crippen LogP contribution in [-0.4, -0.2) is 45.5 Å². The van der Waals surface area contributed by atoms with Gasteiger partial charge in [0.2, 0.25) is 11.9 Å². The number of nitrogens with one attached hydrogen (secondary N) is 2. The number of carbonyl (C=O) groups is 1. The number of nitrogens with two attached hydrogens (primary N) is 1. The molecule has 0 bridgehead atoms. The van der Waals surface area contributed by atoms with E-state index in [1.165, 1.54) is 6.33 Å². The van der Waals surface area contributed by atoms with E-state index in [1.807, 2.05) is 13.8 Å². The van der Waals surface area contributed by atoms with Gasteiger partial charge in [-0.05, 0) is 13.8 Å². The Morgan fingerprint density at radius 2 is 2.26 bits per heavy atom. The van der Waals surface area contributed by atoms with E-state index in [9.17, 15) is 4.79 Å². The number of nitrogen functional groups attached to an aromatic ring is 1. The van der Waals surface area contributed by atoms with E-state index >= 15 is 0 Å². The van der Waals surface area contributed by atoms with Crippen LogP contribution in [0.4, 0.5) is 11.8 Å². The Morgan fingerprint density at radius 3 is 2.95 bits per heavy atom. The Bertz CT molecular complexity index is 592. The number of anilines is 2. The van der Waals surface area contributed by atoms with Crippen molar-refractivity contribution in [3.63, 3.8) is 0 Å². The van der Waals surface area contributed by atoms with E-state index in [4.69, 9.17) is 5.73 Å². The predicted octanol–water partition coefficient (Wildman–Crippen LogP) is -0.104. The van der Waals surface area contributed by atoms with Gasteiger partial charge in [-0.3, -0.25) is 4.79 Å². The molecular weight excluding hydrogens is 246 g/mol. The zero-order valence-electron chi connectivity index (χ0n) is 11.1. The van der Waals surface area contributed by atoms with Crippen LogP contribution in [0.15, 0.2) is 6.33 Å². The number of hydrogen-bond acceptors (Lipinski definition) is 6. The number of fused-ring (bicyclic) bond motifs is 1. The summed E-state index contributed by atoms with van der Waals surface area (Å²) < 4.78 is 0. The predicted molar refractivity (Wildman–Crippen MR) is 72.6 cm³/mol. The Morgan fingerprint density at radius 1 is 1.53 bits per heavy atom. The summed E-state index contributed by atoms with van der Waals surface area (Å²) in [6.45, 7) is 4.00. The number of amides is 1. The molecule has 0 radical (unpaired) electrons. The molecule has 0 unspecified atom stereocenters. The summed E-state index contributed by atoms with van der Waals surface area (Å²) in [5.41, 5.74) is 6.78. The second kappa shape index (κ2) is 5.09. The van der Waals surface area contributed by atoms with Gasteiger partial charge >= 0.3 is 0 Å². The lowest BCUT2D eigenvalue weighted by atomic mass is 10.3. The molecule has 8 heteroatoms. The monoisotopic (exact) mass is 263 g/mol. The topological polar surface area (TPSA) is 113 Å². The highest BCUT2D eigenvalue weighted by Crippen LogP contribution is 2.20. The Hall–Kier alpha value is -2.38. The third-order valence-electron chi connectivity index (χ3n) is 2.48. The lowest BCUT2D eigenvalue weighted by molar-refractivity contribution is -0.120. The molecule has 19 heavy (non-hydrogen) atoms. The summed E-state index contributed by atoms with van der Waals surface area (Å²) in [4.78, 5) is 28.6. The largest absolute Gasteiger partial charge is 0.368 e. The minimum absolute atomic E-state index is 0.0812. The molecule has 1 amide bonds. The first-order chi connectivity index (χ1) is 8.97. The molecule has 0 saturated carbocycles. The van der Waals surface area contributed by atoms with E-state index in [2.05, 4.69) is 25.3 Å². The van der Waals surface area contributed by atoms with Crippen LogP contribution in [0, 0.1) is 0 Å². The highest BCUT2D eigenvalue weighted by molar-refractivity contribution is 5.87. The van der Waals surface area contributed by atoms with Gasteiger partial charge in [-0.2, -0.15) is 9.97 Å². The normalized spacial score (nSPS) is 10.9. The third kappa shape index (κ3) is 2.90. The molecule has 2 aromatic rings. The summed E-state index contributed by atoms with van der Waals surface area (Å²) >= 11 is 0. The number of aromatic nitrogens is 4. The fraction of sp³-hybridized carbons (Fsp3) is 0.455. The van der Waals surface area contributed by atoms with E-state index in [1.54, 1.807) is 11.9 Å². The maximum atomic E-state index is 11.7. The van der Waals surface area contributed by atoms with Gasteiger partial charge in [-0.15, -0.1) is 0 Å². The number of nitrogens with zero attached hydrogens (tertiary/aromatic N) is 4. The van der Waals surface area contributed by atoms with Crippen molar-refractivity contribution in [3.8, 4) is 0 Å². The maximum Gasteiger partial charge on any atom is 0.239 e. The number of rotatable bonds is 4. The fourth-order valence-electron chi connectivity index (χ4n) is 1.77. The Kier molecular flexibility index (Phi) is 3.50. The van der Waals surface area contributed by atoms with Crippen LogP contribution in [0.2, 0.25) is 0 Å². The molecule has 102 valence electrons. The molecule has 2 aromatic heterocycles. The molecule has 0 aliphatic carbocycles. The van der Waals surface area contributed by atoms with Gasteiger partial charge < -0.3 is 20.9 Å². The van der Waals surface area contributed by atoms with Gasteiger partial charge in [0.05, 0.1) is 12.9 Å². The third-order valence-corrected chi connectivity index (χ3v) is 2.48. The van der Waals surface area contributed by atoms with Gasteiger partial charge in [0, 0.05) is 13.1 Å². The second-order valence-corrected chi connectivity index (χ2v) is 4.58. The van der Waals surface area contributed by atoms with Crippen LogP contribution in [0.1, 0.15) is 13.8 Å². The van der Waals surface area contributed by atoms with Gasteiger partial charge in [-0.1, -0.05) is 0 Å². The van der Waals surface area contributed by atoms with E-state index in [-0.39, 0.29) is 24.4 Å². The highest BCUT2D eigenvalue weighted by Gasteiger charge is 2.15. The molecule has 0 aliphatic rings. The number of hydrogen-bond donors (Lipinski definition) is 3. The lowest BCUT2D eigenvalue weighted by Crippen LogP contribution is -2.39. The molecule has 0 aromatic carbocycles. The first-order valence-corrected chi connectivity index (χ1v) is 5.94. The fourth-order valence-corrected chi connectivity index (χ4v) is 1.77. The number of likely N-dealkylation sites (N-methyl/N-ethyl adjacent to an activating group) is 1. The number of carbonyl (C=O) groups excluding carboxylic acids is 1. The first-order valence-electron chi connectivity index (χ1n) is 5.94. The summed E-state index contributed by atoms with van der Waals surface area (Å²) in [5, 5.41) is 2.82. The maximum absolute atomic E-state index is 11.7. The second-order valence-electron chi connectivity index (χ2n) is 4.58. The molecule has 8 nitrogen and oxygen atoms in total. The minimum Gasteiger partial charge on any atom is -0.368 e. The van der Waals surface area contributed by atoms with Crippen molar-refractivity contribution in [1.29, 1.82) is 0 Å². The van der Waals surface area contributed by atoms with Gasteiger partial charge in [-0.25, -0.2) is 4.98 Å². The van der Waals surface area contributed by atoms with Crippen LogP contribution in [-0.2, 0) is 4.79 Å². The van der Waals surface area contributed by atoms with Crippen LogP contribution in [0.3, 0.4) is 0 Å². The molecule has 2 rings (SSSR count). The number of imidazole rings is 1. The van der Waals surface area contributed by atoms with E-state index in [0.29, 0.717) is 17.0 Å². The molecule has 4 N–H and O–H groups in total. The van der Waals surface area contributed by atoms with E-state index in [0.717, 1.165) is 0 Å². The van der Waals surface area contributed by atoms with Crippen molar-refractivity contribution >= 4 is 28.8 Å². The van der Waals surface area contributed by atoms with Crippen LogP contribution < -0.4 is 16.0 Å². The van der Waals surface area contributed by atoms with Crippen molar-refractivity contribution in [2.45, 2.75) is 19.9 Å². The molecule has 0 spiro atoms. The Labute approximate surface area is 110 Å². The average molecular weight is 263 g/mol. The van der Waals surface area contributed by atoms with Crippen molar-refractivity contribution in [2.75, 3.05) is 24.2 Å². The number of aromatic amines is 1. The standard InChI is InChI=1S/C11H17N7O/c1-6(2)15-7(19)4-18(3)10-8-9(14-5-13-8)16-11(12)17-10/h5-6H,4H2,1-3H3,(H,15,19)(H3,12,13,14,16,17). The van der Waals surface area contributed by atoms with Crippen LogP contribution in [0.25, 0.3) is 11.2 Å². The molecule has 0 fully saturated rings. The molecule has 0 saturated heterocycles. The highest BCUT2D eigenvalue weighted by atomic mass is 16.2. The molecule has 0 aliphatic heterocycles. The van der Waals surface area contributed by atoms with Crippen LogP contribution >= 0.6 is 0 Å². The van der Waals surface area contributed by atoms with Gasteiger partial charge in [0.15, 0.2) is 11.5 Å². The quantitative estimate of drug-likeness (QED) is 0.709. The van der Waals surface area contributed by atoms with Crippen molar-refractivity contribution in [1.82, 2.24) is 25.3 Å². The van der Waals surface area contributed by atoms with Crippen molar-refractivity contribution in [2.24, 2.45) is 0 Å². The van der Waals surface area contributed by atoms with Crippen molar-refractivity contribution < 1.29 is 4.79 Å².